The van der Waals surface area contributed by atoms with Gasteiger partial charge in [0, 0.05) is 24.3 Å². The summed E-state index contributed by atoms with van der Waals surface area (Å²) in [5.41, 5.74) is 1.20. The number of carbonyl (C=O) groups excluding carboxylic acids is 2. The molecule has 2 amide bonds. The van der Waals surface area contributed by atoms with E-state index in [1.807, 2.05) is 6.92 Å². The molecule has 5 nitrogen and oxygen atoms in total. The average molecular weight is 310 g/mol. The molecule has 1 aromatic heterocycles. The van der Waals surface area contributed by atoms with Crippen LogP contribution in [0.4, 0.5) is 0 Å². The summed E-state index contributed by atoms with van der Waals surface area (Å²) in [7, 11) is 0. The molecule has 21 heavy (non-hydrogen) atoms. The van der Waals surface area contributed by atoms with Gasteiger partial charge >= 0.3 is 0 Å². The number of aryl methyl sites for hydroxylation is 1. The minimum atomic E-state index is -0.292. The van der Waals surface area contributed by atoms with Crippen molar-refractivity contribution in [2.75, 3.05) is 19.6 Å². The number of nitrogens with one attached hydrogen (secondary N) is 1. The van der Waals surface area contributed by atoms with E-state index in [0.29, 0.717) is 17.1 Å². The van der Waals surface area contributed by atoms with Gasteiger partial charge in [-0.05, 0) is 37.8 Å². The lowest BCUT2D eigenvalue weighted by atomic mass is 10.1. The first-order chi connectivity index (χ1) is 10.1. The summed E-state index contributed by atoms with van der Waals surface area (Å²) in [6, 6.07) is 3.22. The SMILES string of the molecule is CCc1cc(C(=O)NCC(=O)N2CCCCC2)cc(Cl)n1. The molecule has 0 saturated carbocycles. The van der Waals surface area contributed by atoms with Gasteiger partial charge in [0.1, 0.15) is 5.15 Å². The van der Waals surface area contributed by atoms with Gasteiger partial charge in [-0.25, -0.2) is 4.98 Å². The zero-order valence-corrected chi connectivity index (χ0v) is 12.9. The Morgan fingerprint density at radius 3 is 2.67 bits per heavy atom. The second-order valence-corrected chi connectivity index (χ2v) is 5.53. The van der Waals surface area contributed by atoms with E-state index in [1.54, 1.807) is 11.0 Å². The lowest BCUT2D eigenvalue weighted by Crippen LogP contribution is -2.42. The lowest BCUT2D eigenvalue weighted by Gasteiger charge is -2.26. The lowest BCUT2D eigenvalue weighted by molar-refractivity contribution is -0.130. The fourth-order valence-electron chi connectivity index (χ4n) is 2.38. The fourth-order valence-corrected chi connectivity index (χ4v) is 2.60. The summed E-state index contributed by atoms with van der Waals surface area (Å²) >= 11 is 5.89. The Labute approximate surface area is 129 Å². The highest BCUT2D eigenvalue weighted by Gasteiger charge is 2.17. The number of hydrogen-bond donors (Lipinski definition) is 1. The summed E-state index contributed by atoms with van der Waals surface area (Å²) in [5.74, 6) is -0.321. The Morgan fingerprint density at radius 2 is 2.00 bits per heavy atom. The molecular formula is C15H20ClN3O2. The van der Waals surface area contributed by atoms with Gasteiger partial charge in [-0.2, -0.15) is 0 Å². The number of likely N-dealkylation sites (tertiary alicyclic amines) is 1. The smallest absolute Gasteiger partial charge is 0.251 e. The second-order valence-electron chi connectivity index (χ2n) is 5.15. The number of aromatic nitrogens is 1. The van der Waals surface area contributed by atoms with Crippen molar-refractivity contribution in [2.45, 2.75) is 32.6 Å². The van der Waals surface area contributed by atoms with Gasteiger partial charge in [-0.15, -0.1) is 0 Å². The molecule has 0 unspecified atom stereocenters. The van der Waals surface area contributed by atoms with Crippen LogP contribution in [0.5, 0.6) is 0 Å². The number of rotatable bonds is 4. The van der Waals surface area contributed by atoms with Crippen molar-refractivity contribution in [3.8, 4) is 0 Å². The van der Waals surface area contributed by atoms with Crippen molar-refractivity contribution in [3.05, 3.63) is 28.5 Å². The van der Waals surface area contributed by atoms with E-state index in [1.165, 1.54) is 12.5 Å². The zero-order valence-electron chi connectivity index (χ0n) is 12.2. The maximum absolute atomic E-state index is 12.1. The zero-order chi connectivity index (χ0) is 15.2. The van der Waals surface area contributed by atoms with Crippen LogP contribution < -0.4 is 5.32 Å². The Hall–Kier alpha value is -1.62. The molecule has 1 saturated heterocycles. The maximum atomic E-state index is 12.1. The highest BCUT2D eigenvalue weighted by atomic mass is 35.5. The van der Waals surface area contributed by atoms with E-state index in [2.05, 4.69) is 10.3 Å². The normalized spacial score (nSPS) is 14.9. The maximum Gasteiger partial charge on any atom is 0.251 e. The molecule has 1 aliphatic heterocycles. The minimum absolute atomic E-state index is 0.0280. The number of pyridine rings is 1. The van der Waals surface area contributed by atoms with Crippen molar-refractivity contribution >= 4 is 23.4 Å². The van der Waals surface area contributed by atoms with E-state index < -0.39 is 0 Å². The van der Waals surface area contributed by atoms with Crippen LogP contribution in [-0.2, 0) is 11.2 Å². The molecule has 2 rings (SSSR count). The van der Waals surface area contributed by atoms with Crippen LogP contribution in [-0.4, -0.2) is 41.3 Å². The number of carbonyl (C=O) groups is 2. The molecule has 0 aromatic carbocycles. The summed E-state index contributed by atoms with van der Waals surface area (Å²) < 4.78 is 0. The quantitative estimate of drug-likeness (QED) is 0.866. The summed E-state index contributed by atoms with van der Waals surface area (Å²) in [6.07, 6.45) is 3.96. The molecule has 0 aliphatic carbocycles. The molecule has 1 aromatic rings. The Morgan fingerprint density at radius 1 is 1.29 bits per heavy atom. The Kier molecular flexibility index (Phi) is 5.56. The van der Waals surface area contributed by atoms with Gasteiger partial charge in [0.2, 0.25) is 5.91 Å². The van der Waals surface area contributed by atoms with Crippen molar-refractivity contribution in [2.24, 2.45) is 0 Å². The topological polar surface area (TPSA) is 62.3 Å². The van der Waals surface area contributed by atoms with Gasteiger partial charge < -0.3 is 10.2 Å². The third kappa shape index (κ3) is 4.43. The van der Waals surface area contributed by atoms with Gasteiger partial charge in [0.15, 0.2) is 0 Å². The van der Waals surface area contributed by atoms with Crippen molar-refractivity contribution in [1.29, 1.82) is 0 Å². The van der Waals surface area contributed by atoms with Gasteiger partial charge in [-0.1, -0.05) is 18.5 Å². The van der Waals surface area contributed by atoms with Crippen molar-refractivity contribution < 1.29 is 9.59 Å². The van der Waals surface area contributed by atoms with E-state index in [0.717, 1.165) is 31.6 Å². The van der Waals surface area contributed by atoms with E-state index in [-0.39, 0.29) is 18.4 Å². The molecule has 1 N–H and O–H groups in total. The van der Waals surface area contributed by atoms with Gasteiger partial charge in [-0.3, -0.25) is 9.59 Å². The minimum Gasteiger partial charge on any atom is -0.343 e. The van der Waals surface area contributed by atoms with E-state index in [4.69, 9.17) is 11.6 Å². The molecule has 0 bridgehead atoms. The van der Waals surface area contributed by atoms with Crippen LogP contribution in [0.15, 0.2) is 12.1 Å². The first-order valence-corrected chi connectivity index (χ1v) is 7.70. The van der Waals surface area contributed by atoms with Crippen LogP contribution in [0, 0.1) is 0 Å². The molecule has 2 heterocycles. The highest BCUT2D eigenvalue weighted by Crippen LogP contribution is 2.12. The van der Waals surface area contributed by atoms with E-state index in [9.17, 15) is 9.59 Å². The number of nitrogens with zero attached hydrogens (tertiary/aromatic N) is 2. The monoisotopic (exact) mass is 309 g/mol. The third-order valence-electron chi connectivity index (χ3n) is 3.58. The van der Waals surface area contributed by atoms with Crippen LogP contribution >= 0.6 is 11.6 Å². The van der Waals surface area contributed by atoms with Crippen LogP contribution in [0.3, 0.4) is 0 Å². The fraction of sp³-hybridized carbons (Fsp3) is 0.533. The van der Waals surface area contributed by atoms with Gasteiger partial charge in [0.25, 0.3) is 5.91 Å². The van der Waals surface area contributed by atoms with Crippen LogP contribution in [0.25, 0.3) is 0 Å². The largest absolute Gasteiger partial charge is 0.343 e. The third-order valence-corrected chi connectivity index (χ3v) is 3.77. The highest BCUT2D eigenvalue weighted by molar-refractivity contribution is 6.29. The Bertz CT molecular complexity index is 528. The number of hydrogen-bond acceptors (Lipinski definition) is 3. The first-order valence-electron chi connectivity index (χ1n) is 7.32. The van der Waals surface area contributed by atoms with Crippen molar-refractivity contribution in [1.82, 2.24) is 15.2 Å². The van der Waals surface area contributed by atoms with Gasteiger partial charge in [0.05, 0.1) is 6.54 Å². The van der Waals surface area contributed by atoms with E-state index >= 15 is 0 Å². The molecule has 0 atom stereocenters. The van der Waals surface area contributed by atoms with Crippen LogP contribution in [0.2, 0.25) is 5.15 Å². The number of halogens is 1. The number of amides is 2. The molecule has 0 spiro atoms. The standard InChI is InChI=1S/C15H20ClN3O2/c1-2-12-8-11(9-13(16)18-12)15(21)17-10-14(20)19-6-4-3-5-7-19/h8-9H,2-7,10H2,1H3,(H,17,21). The molecule has 0 radical (unpaired) electrons. The molecular weight excluding hydrogens is 290 g/mol. The average Bonchev–Trinajstić information content (AvgIpc) is 2.52. The van der Waals surface area contributed by atoms with Crippen molar-refractivity contribution in [3.63, 3.8) is 0 Å². The van der Waals surface area contributed by atoms with Crippen LogP contribution in [0.1, 0.15) is 42.2 Å². The summed E-state index contributed by atoms with van der Waals surface area (Å²) in [4.78, 5) is 30.0. The molecule has 1 fully saturated rings. The Balaban J connectivity index is 1.92. The molecule has 1 aliphatic rings. The predicted molar refractivity (Wildman–Crippen MR) is 81.4 cm³/mol. The summed E-state index contributed by atoms with van der Waals surface area (Å²) in [6.45, 7) is 3.55. The summed E-state index contributed by atoms with van der Waals surface area (Å²) in [5, 5.41) is 2.95. The first kappa shape index (κ1) is 15.8. The second kappa shape index (κ2) is 7.41. The predicted octanol–water partition coefficient (Wildman–Crippen LogP) is 2.04. The molecule has 6 heteroatoms. The molecule has 114 valence electrons. The number of piperidine rings is 1.